The molecule has 2 rings (SSSR count). The lowest BCUT2D eigenvalue weighted by molar-refractivity contribution is -0.136. The molecule has 0 spiro atoms. The van der Waals surface area contributed by atoms with E-state index >= 15 is 0 Å². The third-order valence-electron chi connectivity index (χ3n) is 4.33. The lowest BCUT2D eigenvalue weighted by Gasteiger charge is -2.32. The molecule has 5 nitrogen and oxygen atoms in total. The molecule has 0 radical (unpaired) electrons. The van der Waals surface area contributed by atoms with Crippen LogP contribution in [0.15, 0.2) is 0 Å². The van der Waals surface area contributed by atoms with E-state index < -0.39 is 0 Å². The Bertz CT molecular complexity index is 357. The second-order valence-corrected chi connectivity index (χ2v) is 6.63. The minimum Gasteiger partial charge on any atom is -0.376 e. The third kappa shape index (κ3) is 4.99. The summed E-state index contributed by atoms with van der Waals surface area (Å²) in [6.45, 7) is 6.99. The number of ether oxygens (including phenoxy) is 1. The molecule has 0 aromatic heterocycles. The molecule has 120 valence electrons. The summed E-state index contributed by atoms with van der Waals surface area (Å²) in [5, 5.41) is 3.00. The van der Waals surface area contributed by atoms with Gasteiger partial charge in [0.15, 0.2) is 0 Å². The van der Waals surface area contributed by atoms with Crippen molar-refractivity contribution in [1.29, 1.82) is 0 Å². The largest absolute Gasteiger partial charge is 0.376 e. The number of piperidine rings is 1. The molecule has 2 aliphatic heterocycles. The lowest BCUT2D eigenvalue weighted by Crippen LogP contribution is -2.44. The molecule has 2 heterocycles. The third-order valence-corrected chi connectivity index (χ3v) is 4.33. The zero-order valence-electron chi connectivity index (χ0n) is 13.3. The summed E-state index contributed by atoms with van der Waals surface area (Å²) in [5.41, 5.74) is 0. The van der Waals surface area contributed by atoms with Crippen molar-refractivity contribution in [2.45, 2.75) is 52.1 Å². The Morgan fingerprint density at radius 1 is 1.24 bits per heavy atom. The van der Waals surface area contributed by atoms with Crippen LogP contribution in [0.3, 0.4) is 0 Å². The van der Waals surface area contributed by atoms with E-state index in [9.17, 15) is 9.59 Å². The van der Waals surface area contributed by atoms with Crippen LogP contribution in [0.5, 0.6) is 0 Å². The smallest absolute Gasteiger partial charge is 0.223 e. The van der Waals surface area contributed by atoms with Gasteiger partial charge in [0.05, 0.1) is 6.10 Å². The van der Waals surface area contributed by atoms with Gasteiger partial charge in [0.25, 0.3) is 0 Å². The summed E-state index contributed by atoms with van der Waals surface area (Å²) in [7, 11) is 0. The number of rotatable bonds is 5. The topological polar surface area (TPSA) is 58.6 Å². The van der Waals surface area contributed by atoms with Gasteiger partial charge in [-0.3, -0.25) is 9.59 Å². The van der Waals surface area contributed by atoms with Gasteiger partial charge in [-0.1, -0.05) is 13.8 Å². The molecule has 2 fully saturated rings. The van der Waals surface area contributed by atoms with E-state index in [1.807, 2.05) is 4.90 Å². The van der Waals surface area contributed by atoms with Gasteiger partial charge < -0.3 is 15.0 Å². The molecule has 0 aromatic rings. The fourth-order valence-corrected chi connectivity index (χ4v) is 3.03. The van der Waals surface area contributed by atoms with Gasteiger partial charge in [0, 0.05) is 38.6 Å². The SMILES string of the molecule is CC(C)CC(=O)N1CCC(C(=O)NCC2CCCO2)CC1. The first-order valence-corrected chi connectivity index (χ1v) is 8.23. The molecule has 1 N–H and O–H groups in total. The zero-order chi connectivity index (χ0) is 15.2. The Hall–Kier alpha value is -1.10. The van der Waals surface area contributed by atoms with Gasteiger partial charge >= 0.3 is 0 Å². The van der Waals surface area contributed by atoms with Crippen LogP contribution in [0, 0.1) is 11.8 Å². The highest BCUT2D eigenvalue weighted by molar-refractivity contribution is 5.80. The van der Waals surface area contributed by atoms with Crippen molar-refractivity contribution >= 4 is 11.8 Å². The van der Waals surface area contributed by atoms with Crippen LogP contribution in [0.25, 0.3) is 0 Å². The maximum absolute atomic E-state index is 12.1. The van der Waals surface area contributed by atoms with Gasteiger partial charge in [-0.15, -0.1) is 0 Å². The van der Waals surface area contributed by atoms with Gasteiger partial charge in [0.2, 0.25) is 11.8 Å². The standard InChI is InChI=1S/C16H28N2O3/c1-12(2)10-15(19)18-7-5-13(6-8-18)16(20)17-11-14-4-3-9-21-14/h12-14H,3-11H2,1-2H3,(H,17,20). The van der Waals surface area contributed by atoms with E-state index in [1.54, 1.807) is 0 Å². The van der Waals surface area contributed by atoms with Crippen LogP contribution in [0.4, 0.5) is 0 Å². The van der Waals surface area contributed by atoms with E-state index in [0.717, 1.165) is 32.3 Å². The number of likely N-dealkylation sites (tertiary alicyclic amines) is 1. The number of carbonyl (C=O) groups excluding carboxylic acids is 2. The summed E-state index contributed by atoms with van der Waals surface area (Å²) in [4.78, 5) is 26.0. The molecule has 21 heavy (non-hydrogen) atoms. The molecule has 0 saturated carbocycles. The minimum absolute atomic E-state index is 0.0505. The van der Waals surface area contributed by atoms with Crippen molar-refractivity contribution in [2.75, 3.05) is 26.2 Å². The van der Waals surface area contributed by atoms with Gasteiger partial charge in [-0.2, -0.15) is 0 Å². The Labute approximate surface area is 127 Å². The predicted molar refractivity (Wildman–Crippen MR) is 80.7 cm³/mol. The summed E-state index contributed by atoms with van der Waals surface area (Å²) < 4.78 is 5.51. The maximum Gasteiger partial charge on any atom is 0.223 e. The van der Waals surface area contributed by atoms with Crippen LogP contribution in [0.1, 0.15) is 46.0 Å². The van der Waals surface area contributed by atoms with Gasteiger partial charge in [-0.25, -0.2) is 0 Å². The van der Waals surface area contributed by atoms with Crippen molar-refractivity contribution in [3.8, 4) is 0 Å². The summed E-state index contributed by atoms with van der Waals surface area (Å²) in [6.07, 6.45) is 4.50. The second kappa shape index (κ2) is 7.78. The quantitative estimate of drug-likeness (QED) is 0.837. The molecular weight excluding hydrogens is 268 g/mol. The number of nitrogens with zero attached hydrogens (tertiary/aromatic N) is 1. The van der Waals surface area contributed by atoms with Crippen LogP contribution in [0.2, 0.25) is 0 Å². The molecular formula is C16H28N2O3. The van der Waals surface area contributed by atoms with E-state index in [-0.39, 0.29) is 23.8 Å². The van der Waals surface area contributed by atoms with Crippen molar-refractivity contribution in [2.24, 2.45) is 11.8 Å². The molecule has 2 aliphatic rings. The van der Waals surface area contributed by atoms with Crippen LogP contribution in [-0.4, -0.2) is 49.1 Å². The Morgan fingerprint density at radius 2 is 1.95 bits per heavy atom. The molecule has 2 amide bonds. The average Bonchev–Trinajstić information content (AvgIpc) is 2.97. The van der Waals surface area contributed by atoms with E-state index in [4.69, 9.17) is 4.74 Å². The first kappa shape index (κ1) is 16.3. The number of carbonyl (C=O) groups is 2. The monoisotopic (exact) mass is 296 g/mol. The van der Waals surface area contributed by atoms with E-state index in [1.165, 1.54) is 0 Å². The highest BCUT2D eigenvalue weighted by atomic mass is 16.5. The molecule has 5 heteroatoms. The molecule has 1 atom stereocenters. The van der Waals surface area contributed by atoms with Crippen LogP contribution in [-0.2, 0) is 14.3 Å². The number of nitrogens with one attached hydrogen (secondary N) is 1. The first-order chi connectivity index (χ1) is 10.1. The molecule has 1 unspecified atom stereocenters. The molecule has 0 aromatic carbocycles. The summed E-state index contributed by atoms with van der Waals surface area (Å²) in [6, 6.07) is 0. The lowest BCUT2D eigenvalue weighted by atomic mass is 9.95. The number of hydrogen-bond acceptors (Lipinski definition) is 3. The van der Waals surface area contributed by atoms with Crippen molar-refractivity contribution in [3.63, 3.8) is 0 Å². The van der Waals surface area contributed by atoms with Crippen molar-refractivity contribution in [3.05, 3.63) is 0 Å². The number of amides is 2. The molecule has 2 saturated heterocycles. The van der Waals surface area contributed by atoms with Crippen LogP contribution >= 0.6 is 0 Å². The highest BCUT2D eigenvalue weighted by Gasteiger charge is 2.28. The summed E-state index contributed by atoms with van der Waals surface area (Å²) in [5.74, 6) is 0.795. The second-order valence-electron chi connectivity index (χ2n) is 6.63. The van der Waals surface area contributed by atoms with Crippen molar-refractivity contribution < 1.29 is 14.3 Å². The fourth-order valence-electron chi connectivity index (χ4n) is 3.03. The van der Waals surface area contributed by atoms with Crippen molar-refractivity contribution in [1.82, 2.24) is 10.2 Å². The van der Waals surface area contributed by atoms with Crippen LogP contribution < -0.4 is 5.32 Å². The average molecular weight is 296 g/mol. The van der Waals surface area contributed by atoms with E-state index in [2.05, 4.69) is 19.2 Å². The predicted octanol–water partition coefficient (Wildman–Crippen LogP) is 1.57. The fraction of sp³-hybridized carbons (Fsp3) is 0.875. The Balaban J connectivity index is 1.67. The first-order valence-electron chi connectivity index (χ1n) is 8.23. The Kier molecular flexibility index (Phi) is 6.03. The number of hydrogen-bond donors (Lipinski definition) is 1. The zero-order valence-corrected chi connectivity index (χ0v) is 13.3. The van der Waals surface area contributed by atoms with Gasteiger partial charge in [-0.05, 0) is 31.6 Å². The normalized spacial score (nSPS) is 23.6. The minimum atomic E-state index is 0.0505. The van der Waals surface area contributed by atoms with Gasteiger partial charge in [0.1, 0.15) is 0 Å². The molecule has 0 bridgehead atoms. The highest BCUT2D eigenvalue weighted by Crippen LogP contribution is 2.19. The molecule has 0 aliphatic carbocycles. The Morgan fingerprint density at radius 3 is 2.52 bits per heavy atom. The maximum atomic E-state index is 12.1. The van der Waals surface area contributed by atoms with E-state index in [0.29, 0.717) is 32.0 Å². The summed E-state index contributed by atoms with van der Waals surface area (Å²) >= 11 is 0.